The van der Waals surface area contributed by atoms with Crippen molar-refractivity contribution < 1.29 is 9.90 Å². The molecule has 2 heterocycles. The first kappa shape index (κ1) is 16.3. The van der Waals surface area contributed by atoms with Crippen molar-refractivity contribution in [3.8, 4) is 16.3 Å². The molecule has 0 saturated carbocycles. The fraction of sp³-hybridized carbons (Fsp3) is 0.211. The van der Waals surface area contributed by atoms with Crippen molar-refractivity contribution >= 4 is 23.0 Å². The summed E-state index contributed by atoms with van der Waals surface area (Å²) in [5, 5.41) is 11.1. The Balaban J connectivity index is 2.05. The zero-order chi connectivity index (χ0) is 17.1. The summed E-state index contributed by atoms with van der Waals surface area (Å²) in [4.78, 5) is 14.2. The Morgan fingerprint density at radius 2 is 1.88 bits per heavy atom. The van der Waals surface area contributed by atoms with Gasteiger partial charge in [-0.3, -0.25) is 4.79 Å². The number of hydrogen-bond donors (Lipinski definition) is 1. The number of carboxylic acid groups (broad SMARTS) is 1. The monoisotopic (exact) mass is 340 g/mol. The minimum absolute atomic E-state index is 0.129. The highest BCUT2D eigenvalue weighted by Gasteiger charge is 2.14. The Kier molecular flexibility index (Phi) is 4.71. The van der Waals surface area contributed by atoms with Gasteiger partial charge in [0.15, 0.2) is 0 Å². The zero-order valence-electron chi connectivity index (χ0n) is 13.8. The summed E-state index contributed by atoms with van der Waals surface area (Å²) in [5.74, 6) is -0.775. The summed E-state index contributed by atoms with van der Waals surface area (Å²) < 4.78 is 2.16. The number of aliphatic carboxylic acids is 1. The van der Waals surface area contributed by atoms with Crippen LogP contribution in [-0.4, -0.2) is 29.7 Å². The lowest BCUT2D eigenvalue weighted by Gasteiger charge is -2.16. The summed E-state index contributed by atoms with van der Waals surface area (Å²) in [7, 11) is 4.03. The molecule has 1 aromatic carbocycles. The average Bonchev–Trinajstić information content (AvgIpc) is 3.22. The standard InChI is InChI=1S/C19H20N2O2S/c1-20(2)14-5-7-15(8-6-14)21-16(10-12-19(22)23)9-11-17(21)18-4-3-13-24-18/h3-9,11,13H,10,12H2,1-2H3,(H,22,23). The number of aryl methyl sites for hydroxylation is 1. The summed E-state index contributed by atoms with van der Waals surface area (Å²) >= 11 is 1.69. The van der Waals surface area contributed by atoms with E-state index in [1.165, 1.54) is 4.88 Å². The number of carbonyl (C=O) groups is 1. The maximum Gasteiger partial charge on any atom is 0.303 e. The van der Waals surface area contributed by atoms with Crippen LogP contribution in [0.3, 0.4) is 0 Å². The third-order valence-electron chi connectivity index (χ3n) is 3.95. The van der Waals surface area contributed by atoms with Gasteiger partial charge in [0.05, 0.1) is 17.0 Å². The van der Waals surface area contributed by atoms with E-state index in [9.17, 15) is 4.79 Å². The van der Waals surface area contributed by atoms with E-state index in [4.69, 9.17) is 5.11 Å². The maximum absolute atomic E-state index is 11.0. The Labute approximate surface area is 145 Å². The molecule has 0 aliphatic carbocycles. The van der Waals surface area contributed by atoms with Crippen molar-refractivity contribution in [2.45, 2.75) is 12.8 Å². The molecule has 0 aliphatic rings. The van der Waals surface area contributed by atoms with Crippen LogP contribution >= 0.6 is 11.3 Å². The van der Waals surface area contributed by atoms with Crippen molar-refractivity contribution in [1.82, 2.24) is 4.57 Å². The molecule has 0 fully saturated rings. The minimum Gasteiger partial charge on any atom is -0.481 e. The second kappa shape index (κ2) is 6.93. The molecular weight excluding hydrogens is 320 g/mol. The van der Waals surface area contributed by atoms with Crippen LogP contribution in [0.15, 0.2) is 53.9 Å². The van der Waals surface area contributed by atoms with Gasteiger partial charge in [0.2, 0.25) is 0 Å². The Morgan fingerprint density at radius 3 is 2.46 bits per heavy atom. The summed E-state index contributed by atoms with van der Waals surface area (Å²) in [6.07, 6.45) is 0.639. The molecule has 0 unspecified atom stereocenters. The molecule has 0 radical (unpaired) electrons. The second-order valence-electron chi connectivity index (χ2n) is 5.83. The third-order valence-corrected chi connectivity index (χ3v) is 4.85. The second-order valence-corrected chi connectivity index (χ2v) is 6.77. The molecule has 0 spiro atoms. The van der Waals surface area contributed by atoms with Gasteiger partial charge in [0.25, 0.3) is 0 Å². The third kappa shape index (κ3) is 3.36. The predicted octanol–water partition coefficient (Wildman–Crippen LogP) is 4.29. The fourth-order valence-electron chi connectivity index (χ4n) is 2.73. The minimum atomic E-state index is -0.775. The van der Waals surface area contributed by atoms with E-state index in [1.54, 1.807) is 11.3 Å². The Hall–Kier alpha value is -2.53. The number of nitrogens with zero attached hydrogens (tertiary/aromatic N) is 2. The first-order chi connectivity index (χ1) is 11.6. The number of hydrogen-bond acceptors (Lipinski definition) is 3. The van der Waals surface area contributed by atoms with Gasteiger partial charge in [0, 0.05) is 31.2 Å². The number of thiophene rings is 1. The smallest absolute Gasteiger partial charge is 0.303 e. The molecule has 4 nitrogen and oxygen atoms in total. The van der Waals surface area contributed by atoms with E-state index < -0.39 is 5.97 Å². The SMILES string of the molecule is CN(C)c1ccc(-n2c(CCC(=O)O)ccc2-c2cccs2)cc1. The van der Waals surface area contributed by atoms with Crippen LogP contribution in [0.1, 0.15) is 12.1 Å². The van der Waals surface area contributed by atoms with E-state index in [0.717, 1.165) is 22.8 Å². The van der Waals surface area contributed by atoms with E-state index in [-0.39, 0.29) is 6.42 Å². The normalized spacial score (nSPS) is 10.8. The van der Waals surface area contributed by atoms with Crippen molar-refractivity contribution in [2.75, 3.05) is 19.0 Å². The van der Waals surface area contributed by atoms with Crippen LogP contribution in [0.25, 0.3) is 16.3 Å². The van der Waals surface area contributed by atoms with Crippen molar-refractivity contribution in [1.29, 1.82) is 0 Å². The van der Waals surface area contributed by atoms with Crippen LogP contribution in [0.2, 0.25) is 0 Å². The molecule has 3 rings (SSSR count). The van der Waals surface area contributed by atoms with Crippen LogP contribution < -0.4 is 4.90 Å². The maximum atomic E-state index is 11.0. The molecule has 0 aliphatic heterocycles. The van der Waals surface area contributed by atoms with E-state index in [0.29, 0.717) is 6.42 Å². The van der Waals surface area contributed by atoms with E-state index >= 15 is 0 Å². The molecule has 0 bridgehead atoms. The molecule has 3 aromatic rings. The highest BCUT2D eigenvalue weighted by molar-refractivity contribution is 7.13. The lowest BCUT2D eigenvalue weighted by molar-refractivity contribution is -0.136. The number of anilines is 1. The molecule has 0 saturated heterocycles. The summed E-state index contributed by atoms with van der Waals surface area (Å²) in [6, 6.07) is 16.5. The van der Waals surface area contributed by atoms with Gasteiger partial charge in [-0.1, -0.05) is 6.07 Å². The van der Waals surface area contributed by atoms with Gasteiger partial charge >= 0.3 is 5.97 Å². The largest absolute Gasteiger partial charge is 0.481 e. The van der Waals surface area contributed by atoms with Gasteiger partial charge in [-0.05, 0) is 54.3 Å². The Morgan fingerprint density at radius 1 is 1.12 bits per heavy atom. The van der Waals surface area contributed by atoms with Crippen molar-refractivity contribution in [3.05, 3.63) is 59.6 Å². The summed E-state index contributed by atoms with van der Waals surface area (Å²) in [6.45, 7) is 0. The molecule has 1 N–H and O–H groups in total. The average molecular weight is 340 g/mol. The quantitative estimate of drug-likeness (QED) is 0.728. The fourth-order valence-corrected chi connectivity index (χ4v) is 3.47. The molecule has 124 valence electrons. The molecule has 2 aromatic heterocycles. The van der Waals surface area contributed by atoms with Crippen LogP contribution in [0.5, 0.6) is 0 Å². The number of benzene rings is 1. The van der Waals surface area contributed by atoms with Crippen LogP contribution in [0, 0.1) is 0 Å². The van der Waals surface area contributed by atoms with Crippen molar-refractivity contribution in [2.24, 2.45) is 0 Å². The highest BCUT2D eigenvalue weighted by Crippen LogP contribution is 2.31. The van der Waals surface area contributed by atoms with Crippen LogP contribution in [-0.2, 0) is 11.2 Å². The molecule has 5 heteroatoms. The van der Waals surface area contributed by atoms with E-state index in [2.05, 4.69) is 51.2 Å². The molecule has 0 atom stereocenters. The van der Waals surface area contributed by atoms with Crippen LogP contribution in [0.4, 0.5) is 5.69 Å². The first-order valence-corrected chi connectivity index (χ1v) is 8.68. The first-order valence-electron chi connectivity index (χ1n) is 7.80. The molecular formula is C19H20N2O2S. The lowest BCUT2D eigenvalue weighted by atomic mass is 10.2. The van der Waals surface area contributed by atoms with Gasteiger partial charge in [0.1, 0.15) is 0 Å². The molecule has 24 heavy (non-hydrogen) atoms. The van der Waals surface area contributed by atoms with Gasteiger partial charge < -0.3 is 14.6 Å². The topological polar surface area (TPSA) is 45.5 Å². The summed E-state index contributed by atoms with van der Waals surface area (Å²) in [5.41, 5.74) is 4.30. The number of rotatable bonds is 6. The van der Waals surface area contributed by atoms with Gasteiger partial charge in [-0.2, -0.15) is 0 Å². The van der Waals surface area contributed by atoms with Gasteiger partial charge in [-0.25, -0.2) is 0 Å². The number of carboxylic acids is 1. The molecule has 0 amide bonds. The predicted molar refractivity (Wildman–Crippen MR) is 99.4 cm³/mol. The van der Waals surface area contributed by atoms with E-state index in [1.807, 2.05) is 26.2 Å². The van der Waals surface area contributed by atoms with Crippen molar-refractivity contribution in [3.63, 3.8) is 0 Å². The highest BCUT2D eigenvalue weighted by atomic mass is 32.1. The number of aromatic nitrogens is 1. The zero-order valence-corrected chi connectivity index (χ0v) is 14.6. The Bertz CT molecular complexity index is 818. The lowest BCUT2D eigenvalue weighted by Crippen LogP contribution is -2.09. The van der Waals surface area contributed by atoms with Gasteiger partial charge in [-0.15, -0.1) is 11.3 Å².